The van der Waals surface area contributed by atoms with E-state index >= 15 is 0 Å². The van der Waals surface area contributed by atoms with Crippen molar-refractivity contribution in [2.45, 2.75) is 41.1 Å². The van der Waals surface area contributed by atoms with Gasteiger partial charge in [-0.25, -0.2) is 16.8 Å². The minimum Gasteiger partial charge on any atom is -0.396 e. The average molecular weight is 383 g/mol. The zero-order chi connectivity index (χ0) is 18.7. The van der Waals surface area contributed by atoms with Gasteiger partial charge in [-0.05, 0) is 51.0 Å². The van der Waals surface area contributed by atoms with Gasteiger partial charge in [0, 0.05) is 6.61 Å². The van der Waals surface area contributed by atoms with Crippen LogP contribution in [0.25, 0.3) is 0 Å². The molecule has 0 saturated carbocycles. The summed E-state index contributed by atoms with van der Waals surface area (Å²) in [7, 11) is -8.21. The topological polar surface area (TPSA) is 88.5 Å². The number of sulfone groups is 2. The largest absolute Gasteiger partial charge is 0.396 e. The number of hydrogen-bond donors (Lipinski definition) is 1. The minimum atomic E-state index is -4.11. The standard InChI is InChI=1S/C18H22O5S2/c1-14-5-9-16(10-6-14)24(20,21)18(4-3-13-19)25(22,23)17-11-7-15(2)8-12-17/h5-12,18-19H,3-4,13H2,1-2H3. The molecule has 0 unspecified atom stereocenters. The first-order valence-electron chi connectivity index (χ1n) is 7.91. The second-order valence-corrected chi connectivity index (χ2v) is 10.6. The number of aliphatic hydroxyl groups is 1. The molecule has 0 heterocycles. The van der Waals surface area contributed by atoms with Crippen molar-refractivity contribution in [1.29, 1.82) is 0 Å². The highest BCUT2D eigenvalue weighted by atomic mass is 32.3. The van der Waals surface area contributed by atoms with E-state index < -0.39 is 24.3 Å². The first kappa shape index (κ1) is 19.6. The van der Waals surface area contributed by atoms with Crippen molar-refractivity contribution in [2.75, 3.05) is 6.61 Å². The van der Waals surface area contributed by atoms with E-state index in [1.165, 1.54) is 24.3 Å². The van der Waals surface area contributed by atoms with Gasteiger partial charge < -0.3 is 5.11 Å². The summed E-state index contributed by atoms with van der Waals surface area (Å²) in [6.07, 6.45) is -0.0796. The summed E-state index contributed by atoms with van der Waals surface area (Å²) in [4.78, 5) is -0.0616. The molecule has 2 aromatic rings. The fourth-order valence-electron chi connectivity index (χ4n) is 2.49. The Morgan fingerprint density at radius 2 is 1.12 bits per heavy atom. The molecule has 0 spiro atoms. The minimum absolute atomic E-state index is 0.0308. The predicted octanol–water partition coefficient (Wildman–Crippen LogP) is 2.65. The third kappa shape index (κ3) is 4.29. The Balaban J connectivity index is 2.54. The summed E-state index contributed by atoms with van der Waals surface area (Å²) < 4.78 is 50.3. The van der Waals surface area contributed by atoms with Crippen LogP contribution in [0.1, 0.15) is 24.0 Å². The Morgan fingerprint density at radius 1 is 0.760 bits per heavy atom. The molecule has 0 aliphatic heterocycles. The summed E-state index contributed by atoms with van der Waals surface area (Å²) in [5, 5.41) is 9.07. The van der Waals surface area contributed by atoms with Gasteiger partial charge in [-0.15, -0.1) is 0 Å². The molecule has 136 valence electrons. The Bertz CT molecular complexity index is 837. The second kappa shape index (κ2) is 7.68. The Hall–Kier alpha value is -1.70. The normalized spacial score (nSPS) is 12.5. The number of aryl methyl sites for hydroxylation is 2. The quantitative estimate of drug-likeness (QED) is 0.795. The van der Waals surface area contributed by atoms with Gasteiger partial charge in [-0.1, -0.05) is 35.4 Å². The van der Waals surface area contributed by atoms with E-state index in [0.717, 1.165) is 11.1 Å². The van der Waals surface area contributed by atoms with Gasteiger partial charge in [0.15, 0.2) is 24.3 Å². The maximum Gasteiger partial charge on any atom is 0.195 e. The van der Waals surface area contributed by atoms with Crippen molar-refractivity contribution < 1.29 is 21.9 Å². The number of benzene rings is 2. The lowest BCUT2D eigenvalue weighted by Gasteiger charge is -2.18. The summed E-state index contributed by atoms with van der Waals surface area (Å²) in [6, 6.07) is 12.2. The van der Waals surface area contributed by atoms with Crippen LogP contribution in [0, 0.1) is 13.8 Å². The van der Waals surface area contributed by atoms with Crippen LogP contribution in [0.3, 0.4) is 0 Å². The zero-order valence-corrected chi connectivity index (χ0v) is 15.8. The van der Waals surface area contributed by atoms with Crippen molar-refractivity contribution in [3.05, 3.63) is 59.7 Å². The lowest BCUT2D eigenvalue weighted by molar-refractivity contribution is 0.286. The molecule has 0 radical (unpaired) electrons. The smallest absolute Gasteiger partial charge is 0.195 e. The monoisotopic (exact) mass is 382 g/mol. The third-order valence-corrected chi connectivity index (χ3v) is 9.22. The van der Waals surface area contributed by atoms with Gasteiger partial charge in [-0.3, -0.25) is 0 Å². The third-order valence-electron chi connectivity index (χ3n) is 3.99. The van der Waals surface area contributed by atoms with Crippen LogP contribution in [0.4, 0.5) is 0 Å². The van der Waals surface area contributed by atoms with Crippen LogP contribution in [-0.2, 0) is 19.7 Å². The van der Waals surface area contributed by atoms with Crippen molar-refractivity contribution in [3.63, 3.8) is 0 Å². The first-order valence-corrected chi connectivity index (χ1v) is 11.0. The van der Waals surface area contributed by atoms with E-state index in [0.29, 0.717) is 0 Å². The predicted molar refractivity (Wildman–Crippen MR) is 96.8 cm³/mol. The highest BCUT2D eigenvalue weighted by molar-refractivity contribution is 8.09. The molecule has 7 heteroatoms. The van der Waals surface area contributed by atoms with Crippen molar-refractivity contribution >= 4 is 19.7 Å². The summed E-state index contributed by atoms with van der Waals surface area (Å²) in [5.41, 5.74) is 1.76. The molecule has 0 aliphatic rings. The molecule has 0 saturated heterocycles. The first-order chi connectivity index (χ1) is 11.7. The average Bonchev–Trinajstić information content (AvgIpc) is 2.55. The van der Waals surface area contributed by atoms with Gasteiger partial charge >= 0.3 is 0 Å². The van der Waals surface area contributed by atoms with Crippen LogP contribution < -0.4 is 0 Å². The Kier molecular flexibility index (Phi) is 6.03. The van der Waals surface area contributed by atoms with E-state index in [1.54, 1.807) is 24.3 Å². The van der Waals surface area contributed by atoms with Crippen LogP contribution >= 0.6 is 0 Å². The van der Waals surface area contributed by atoms with E-state index in [2.05, 4.69) is 0 Å². The fourth-order valence-corrected chi connectivity index (χ4v) is 7.09. The maximum absolute atomic E-state index is 13.0. The van der Waals surface area contributed by atoms with Gasteiger partial charge in [0.05, 0.1) is 9.79 Å². The molecular weight excluding hydrogens is 360 g/mol. The van der Waals surface area contributed by atoms with Gasteiger partial charge in [-0.2, -0.15) is 0 Å². The van der Waals surface area contributed by atoms with Crippen molar-refractivity contribution in [2.24, 2.45) is 0 Å². The number of hydrogen-bond acceptors (Lipinski definition) is 5. The van der Waals surface area contributed by atoms with E-state index in [4.69, 9.17) is 5.11 Å². The second-order valence-electron chi connectivity index (χ2n) is 6.01. The van der Waals surface area contributed by atoms with Crippen LogP contribution in [0.2, 0.25) is 0 Å². The van der Waals surface area contributed by atoms with E-state index in [-0.39, 0.29) is 29.2 Å². The SMILES string of the molecule is Cc1ccc(S(=O)(=O)C(CCCO)S(=O)(=O)c2ccc(C)cc2)cc1. The summed E-state index contributed by atoms with van der Waals surface area (Å²) in [6.45, 7) is 3.37. The van der Waals surface area contributed by atoms with Crippen LogP contribution in [0.5, 0.6) is 0 Å². The molecule has 5 nitrogen and oxygen atoms in total. The van der Waals surface area contributed by atoms with E-state index in [1.807, 2.05) is 13.8 Å². The van der Waals surface area contributed by atoms with Crippen LogP contribution in [-0.4, -0.2) is 33.1 Å². The lowest BCUT2D eigenvalue weighted by atomic mass is 10.2. The molecule has 0 aliphatic carbocycles. The number of rotatable bonds is 7. The molecule has 0 atom stereocenters. The van der Waals surface area contributed by atoms with Crippen molar-refractivity contribution in [1.82, 2.24) is 0 Å². The fraction of sp³-hybridized carbons (Fsp3) is 0.333. The Morgan fingerprint density at radius 3 is 1.44 bits per heavy atom. The summed E-state index contributed by atoms with van der Waals surface area (Å²) in [5.74, 6) is 0. The summed E-state index contributed by atoms with van der Waals surface area (Å²) >= 11 is 0. The number of aliphatic hydroxyl groups excluding tert-OH is 1. The lowest BCUT2D eigenvalue weighted by Crippen LogP contribution is -2.31. The molecule has 0 bridgehead atoms. The van der Waals surface area contributed by atoms with Gasteiger partial charge in [0.2, 0.25) is 0 Å². The highest BCUT2D eigenvalue weighted by Gasteiger charge is 2.39. The molecule has 0 amide bonds. The molecule has 25 heavy (non-hydrogen) atoms. The molecule has 1 N–H and O–H groups in total. The molecule has 0 aromatic heterocycles. The van der Waals surface area contributed by atoms with E-state index in [9.17, 15) is 16.8 Å². The highest BCUT2D eigenvalue weighted by Crippen LogP contribution is 2.29. The van der Waals surface area contributed by atoms with Gasteiger partial charge in [0.1, 0.15) is 0 Å². The zero-order valence-electron chi connectivity index (χ0n) is 14.2. The Labute approximate surface area is 149 Å². The van der Waals surface area contributed by atoms with Crippen LogP contribution in [0.15, 0.2) is 58.3 Å². The molecule has 2 aromatic carbocycles. The molecule has 2 rings (SSSR count). The molecular formula is C18H22O5S2. The maximum atomic E-state index is 13.0. The molecule has 0 fully saturated rings. The van der Waals surface area contributed by atoms with Gasteiger partial charge in [0.25, 0.3) is 0 Å². The van der Waals surface area contributed by atoms with Crippen molar-refractivity contribution in [3.8, 4) is 0 Å².